The zero-order valence-electron chi connectivity index (χ0n) is 13.1. The van der Waals surface area contributed by atoms with Gasteiger partial charge in [-0.3, -0.25) is 4.79 Å². The number of nitrogens with zero attached hydrogens (tertiary/aromatic N) is 3. The first-order valence-electron chi connectivity index (χ1n) is 7.51. The minimum absolute atomic E-state index is 0.0769. The van der Waals surface area contributed by atoms with Crippen molar-refractivity contribution in [2.45, 2.75) is 25.3 Å². The molecule has 130 valence electrons. The summed E-state index contributed by atoms with van der Waals surface area (Å²) in [6.07, 6.45) is 2.54. The van der Waals surface area contributed by atoms with Crippen LogP contribution in [0.15, 0.2) is 21.3 Å². The molecule has 0 radical (unpaired) electrons. The Morgan fingerprint density at radius 3 is 2.83 bits per heavy atom. The quantitative estimate of drug-likeness (QED) is 0.848. The van der Waals surface area contributed by atoms with Gasteiger partial charge in [0.2, 0.25) is 15.9 Å². The topological polar surface area (TPSA) is 105 Å². The smallest absolute Gasteiger partial charge is 0.252 e. The Morgan fingerprint density at radius 2 is 2.21 bits per heavy atom. The number of amides is 1. The molecule has 0 saturated carbocycles. The minimum Gasteiger partial charge on any atom is -0.343 e. The second-order valence-electron chi connectivity index (χ2n) is 5.68. The Balaban J connectivity index is 1.54. The van der Waals surface area contributed by atoms with Gasteiger partial charge in [-0.15, -0.1) is 0 Å². The summed E-state index contributed by atoms with van der Waals surface area (Å²) in [6.45, 7) is 1.09. The van der Waals surface area contributed by atoms with Gasteiger partial charge in [0.1, 0.15) is 0 Å². The Hall–Kier alpha value is -1.78. The molecule has 1 aliphatic heterocycles. The van der Waals surface area contributed by atoms with E-state index in [0.717, 1.165) is 0 Å². The number of hydrogen-bond acceptors (Lipinski definition) is 7. The van der Waals surface area contributed by atoms with Crippen molar-refractivity contribution in [3.63, 3.8) is 0 Å². The zero-order chi connectivity index (χ0) is 17.2. The molecule has 1 saturated heterocycles. The fourth-order valence-corrected chi connectivity index (χ4v) is 4.11. The van der Waals surface area contributed by atoms with E-state index in [1.54, 1.807) is 11.4 Å². The molecule has 0 atom stereocenters. The highest BCUT2D eigenvalue weighted by molar-refractivity contribution is 7.88. The van der Waals surface area contributed by atoms with Crippen LogP contribution < -0.4 is 5.32 Å². The fourth-order valence-electron chi connectivity index (χ4n) is 2.60. The number of rotatable bonds is 5. The summed E-state index contributed by atoms with van der Waals surface area (Å²) in [5.41, 5.74) is 0.605. The molecule has 0 unspecified atom stereocenters. The van der Waals surface area contributed by atoms with Crippen molar-refractivity contribution in [1.82, 2.24) is 19.8 Å². The number of nitrogens with one attached hydrogen (secondary N) is 1. The number of carbonyl (C=O) groups is 1. The van der Waals surface area contributed by atoms with Gasteiger partial charge in [0.15, 0.2) is 5.82 Å². The Labute approximate surface area is 143 Å². The fraction of sp³-hybridized carbons (Fsp3) is 0.500. The van der Waals surface area contributed by atoms with Crippen molar-refractivity contribution in [3.05, 3.63) is 34.1 Å². The van der Waals surface area contributed by atoms with E-state index in [9.17, 15) is 13.2 Å². The van der Waals surface area contributed by atoms with Gasteiger partial charge < -0.3 is 9.84 Å². The van der Waals surface area contributed by atoms with Gasteiger partial charge in [0, 0.05) is 30.0 Å². The van der Waals surface area contributed by atoms with Gasteiger partial charge in [0.05, 0.1) is 12.8 Å². The standard InChI is InChI=1S/C14H18N4O4S2/c1-24(20,21)18-5-2-10(3-6-18)13-16-12(22-17-13)8-15-14(19)11-4-7-23-9-11/h4,7,9-10H,2-3,5-6,8H2,1H3,(H,15,19). The van der Waals surface area contributed by atoms with Crippen molar-refractivity contribution < 1.29 is 17.7 Å². The third-order valence-corrected chi connectivity index (χ3v) is 5.94. The first kappa shape index (κ1) is 17.1. The second kappa shape index (κ2) is 6.99. The molecule has 10 heteroatoms. The Kier molecular flexibility index (Phi) is 4.97. The van der Waals surface area contributed by atoms with E-state index in [4.69, 9.17) is 4.52 Å². The van der Waals surface area contributed by atoms with Crippen LogP contribution in [0.1, 0.15) is 40.8 Å². The molecule has 1 N–H and O–H groups in total. The third kappa shape index (κ3) is 4.00. The van der Waals surface area contributed by atoms with Crippen LogP contribution in [0.25, 0.3) is 0 Å². The van der Waals surface area contributed by atoms with E-state index in [-0.39, 0.29) is 18.4 Å². The molecule has 0 aromatic carbocycles. The third-order valence-electron chi connectivity index (χ3n) is 3.96. The van der Waals surface area contributed by atoms with Crippen LogP contribution in [-0.2, 0) is 16.6 Å². The van der Waals surface area contributed by atoms with Crippen LogP contribution >= 0.6 is 11.3 Å². The summed E-state index contributed by atoms with van der Waals surface area (Å²) < 4.78 is 29.7. The molecule has 2 aromatic heterocycles. The number of hydrogen-bond donors (Lipinski definition) is 1. The van der Waals surface area contributed by atoms with Crippen LogP contribution in [0.5, 0.6) is 0 Å². The lowest BCUT2D eigenvalue weighted by Gasteiger charge is -2.28. The summed E-state index contributed by atoms with van der Waals surface area (Å²) in [4.78, 5) is 16.2. The molecule has 0 bridgehead atoms. The van der Waals surface area contributed by atoms with Crippen LogP contribution in [0.3, 0.4) is 0 Å². The van der Waals surface area contributed by atoms with E-state index in [2.05, 4.69) is 15.5 Å². The minimum atomic E-state index is -3.14. The highest BCUT2D eigenvalue weighted by atomic mass is 32.2. The van der Waals surface area contributed by atoms with Gasteiger partial charge in [-0.2, -0.15) is 16.3 Å². The maximum Gasteiger partial charge on any atom is 0.252 e. The lowest BCUT2D eigenvalue weighted by molar-refractivity contribution is 0.0946. The molecular weight excluding hydrogens is 352 g/mol. The molecule has 3 heterocycles. The number of carbonyl (C=O) groups excluding carboxylic acids is 1. The van der Waals surface area contributed by atoms with Gasteiger partial charge in [-0.1, -0.05) is 5.16 Å². The second-order valence-corrected chi connectivity index (χ2v) is 8.44. The van der Waals surface area contributed by atoms with Crippen molar-refractivity contribution in [3.8, 4) is 0 Å². The summed E-state index contributed by atoms with van der Waals surface area (Å²) in [5.74, 6) is 0.813. The van der Waals surface area contributed by atoms with E-state index >= 15 is 0 Å². The monoisotopic (exact) mass is 370 g/mol. The van der Waals surface area contributed by atoms with E-state index in [1.807, 2.05) is 5.38 Å². The van der Waals surface area contributed by atoms with Gasteiger partial charge in [-0.05, 0) is 24.3 Å². The van der Waals surface area contributed by atoms with Crippen molar-refractivity contribution in [2.24, 2.45) is 0 Å². The highest BCUT2D eigenvalue weighted by Gasteiger charge is 2.28. The number of piperidine rings is 1. The Morgan fingerprint density at radius 1 is 1.46 bits per heavy atom. The maximum absolute atomic E-state index is 11.9. The predicted molar refractivity (Wildman–Crippen MR) is 88.2 cm³/mol. The van der Waals surface area contributed by atoms with Crippen LogP contribution in [0, 0.1) is 0 Å². The predicted octanol–water partition coefficient (Wildman–Crippen LogP) is 1.20. The van der Waals surface area contributed by atoms with Crippen LogP contribution in [0.2, 0.25) is 0 Å². The molecule has 3 rings (SSSR count). The molecular formula is C14H18N4O4S2. The molecule has 1 amide bonds. The maximum atomic E-state index is 11.9. The van der Waals surface area contributed by atoms with Crippen LogP contribution in [-0.4, -0.2) is 48.1 Å². The van der Waals surface area contributed by atoms with Gasteiger partial charge in [0.25, 0.3) is 5.91 Å². The van der Waals surface area contributed by atoms with E-state index < -0.39 is 10.0 Å². The first-order valence-corrected chi connectivity index (χ1v) is 10.3. The molecule has 8 nitrogen and oxygen atoms in total. The normalized spacial score (nSPS) is 17.0. The average Bonchev–Trinajstić information content (AvgIpc) is 3.23. The molecule has 0 spiro atoms. The Bertz CT molecular complexity index is 793. The molecule has 0 aliphatic carbocycles. The highest BCUT2D eigenvalue weighted by Crippen LogP contribution is 2.26. The first-order chi connectivity index (χ1) is 11.4. The average molecular weight is 370 g/mol. The lowest BCUT2D eigenvalue weighted by Crippen LogP contribution is -2.37. The van der Waals surface area contributed by atoms with E-state index in [1.165, 1.54) is 21.9 Å². The summed E-state index contributed by atoms with van der Waals surface area (Å²) in [5, 5.41) is 10.3. The van der Waals surface area contributed by atoms with E-state index in [0.29, 0.717) is 43.2 Å². The van der Waals surface area contributed by atoms with Crippen molar-refractivity contribution in [1.29, 1.82) is 0 Å². The summed E-state index contributed by atoms with van der Waals surface area (Å²) in [6, 6.07) is 1.74. The van der Waals surface area contributed by atoms with Gasteiger partial charge in [-0.25, -0.2) is 12.7 Å². The SMILES string of the molecule is CS(=O)(=O)N1CCC(c2noc(CNC(=O)c3ccsc3)n2)CC1. The summed E-state index contributed by atoms with van der Waals surface area (Å²) >= 11 is 1.46. The number of sulfonamides is 1. The molecule has 1 aliphatic rings. The summed E-state index contributed by atoms with van der Waals surface area (Å²) in [7, 11) is -3.14. The molecule has 2 aromatic rings. The number of aromatic nitrogens is 2. The van der Waals surface area contributed by atoms with Gasteiger partial charge >= 0.3 is 0 Å². The molecule has 1 fully saturated rings. The van der Waals surface area contributed by atoms with Crippen LogP contribution in [0.4, 0.5) is 0 Å². The zero-order valence-corrected chi connectivity index (χ0v) is 14.8. The van der Waals surface area contributed by atoms with Crippen molar-refractivity contribution in [2.75, 3.05) is 19.3 Å². The lowest BCUT2D eigenvalue weighted by atomic mass is 9.98. The molecule has 24 heavy (non-hydrogen) atoms. The van der Waals surface area contributed by atoms with Crippen molar-refractivity contribution >= 4 is 27.3 Å². The largest absolute Gasteiger partial charge is 0.343 e. The number of thiophene rings is 1.